The summed E-state index contributed by atoms with van der Waals surface area (Å²) in [6.07, 6.45) is 1.80. The largest absolute Gasteiger partial charge is 0.497 e. The van der Waals surface area contributed by atoms with Crippen LogP contribution in [0.3, 0.4) is 0 Å². The van der Waals surface area contributed by atoms with Gasteiger partial charge in [0.2, 0.25) is 5.91 Å². The predicted octanol–water partition coefficient (Wildman–Crippen LogP) is 3.23. The van der Waals surface area contributed by atoms with Gasteiger partial charge in [0.15, 0.2) is 0 Å². The summed E-state index contributed by atoms with van der Waals surface area (Å²) < 4.78 is 37.7. The molecule has 10 heteroatoms. The number of nitrogens with zero attached hydrogens (tertiary/aromatic N) is 2. The summed E-state index contributed by atoms with van der Waals surface area (Å²) in [6.45, 7) is 0.0726. The van der Waals surface area contributed by atoms with Gasteiger partial charge in [0.05, 0.1) is 25.1 Å². The van der Waals surface area contributed by atoms with Gasteiger partial charge < -0.3 is 14.4 Å². The van der Waals surface area contributed by atoms with Gasteiger partial charge in [-0.3, -0.25) is 4.79 Å². The molecule has 0 bridgehead atoms. The van der Waals surface area contributed by atoms with Crippen LogP contribution in [-0.2, 0) is 21.4 Å². The Kier molecular flexibility index (Phi) is 6.72. The number of amides is 1. The van der Waals surface area contributed by atoms with Gasteiger partial charge in [-0.1, -0.05) is 11.6 Å². The first-order valence-corrected chi connectivity index (χ1v) is 11.6. The van der Waals surface area contributed by atoms with Gasteiger partial charge in [-0.2, -0.15) is 4.31 Å². The van der Waals surface area contributed by atoms with E-state index in [1.54, 1.807) is 31.3 Å². The summed E-state index contributed by atoms with van der Waals surface area (Å²) in [6, 6.07) is 8.49. The third kappa shape index (κ3) is 5.03. The zero-order valence-corrected chi connectivity index (χ0v) is 18.8. The first-order chi connectivity index (χ1) is 13.8. The molecular formula is C19H23ClN2O5S2. The molecule has 1 aliphatic carbocycles. The van der Waals surface area contributed by atoms with Crippen molar-refractivity contribution in [2.45, 2.75) is 29.6 Å². The first kappa shape index (κ1) is 21.9. The minimum Gasteiger partial charge on any atom is -0.497 e. The van der Waals surface area contributed by atoms with Gasteiger partial charge in [-0.25, -0.2) is 8.42 Å². The number of rotatable bonds is 9. The molecule has 0 N–H and O–H groups in total. The van der Waals surface area contributed by atoms with Gasteiger partial charge in [-0.15, -0.1) is 11.3 Å². The molecular weight excluding hydrogens is 436 g/mol. The van der Waals surface area contributed by atoms with Crippen molar-refractivity contribution in [1.82, 2.24) is 9.21 Å². The number of methoxy groups -OCH3 is 2. The van der Waals surface area contributed by atoms with Crippen LogP contribution < -0.4 is 9.47 Å². The SMILES string of the molecule is COc1ccc(OC)c(CN(C(=O)CN(C)S(=O)(=O)c2ccc(Cl)s2)C2CC2)c1. The maximum absolute atomic E-state index is 13.0. The smallest absolute Gasteiger partial charge is 0.252 e. The van der Waals surface area contributed by atoms with Crippen LogP contribution in [0.15, 0.2) is 34.5 Å². The fourth-order valence-corrected chi connectivity index (χ4v) is 5.77. The fourth-order valence-electron chi connectivity index (χ4n) is 2.95. The number of carbonyl (C=O) groups is 1. The van der Waals surface area contributed by atoms with E-state index >= 15 is 0 Å². The van der Waals surface area contributed by atoms with E-state index in [4.69, 9.17) is 21.1 Å². The molecule has 1 amide bonds. The molecule has 0 saturated heterocycles. The number of halogens is 1. The molecule has 7 nitrogen and oxygen atoms in total. The van der Waals surface area contributed by atoms with Gasteiger partial charge in [0, 0.05) is 25.2 Å². The zero-order chi connectivity index (χ0) is 21.2. The Balaban J connectivity index is 1.77. The van der Waals surface area contributed by atoms with E-state index in [2.05, 4.69) is 0 Å². The number of thiophene rings is 1. The van der Waals surface area contributed by atoms with Crippen LogP contribution in [0.1, 0.15) is 18.4 Å². The van der Waals surface area contributed by atoms with Gasteiger partial charge in [-0.05, 0) is 43.2 Å². The lowest BCUT2D eigenvalue weighted by Gasteiger charge is -2.26. The van der Waals surface area contributed by atoms with Crippen LogP contribution in [0.4, 0.5) is 0 Å². The van der Waals surface area contributed by atoms with Crippen molar-refractivity contribution >= 4 is 38.9 Å². The second kappa shape index (κ2) is 8.91. The van der Waals surface area contributed by atoms with Crippen LogP contribution in [0.5, 0.6) is 11.5 Å². The van der Waals surface area contributed by atoms with E-state index in [1.165, 1.54) is 19.2 Å². The summed E-state index contributed by atoms with van der Waals surface area (Å²) in [5.41, 5.74) is 0.808. The quantitative estimate of drug-likeness (QED) is 0.576. The molecule has 1 aliphatic rings. The Labute approximate surface area is 179 Å². The molecule has 0 aliphatic heterocycles. The average molecular weight is 459 g/mol. The highest BCUT2D eigenvalue weighted by Gasteiger charge is 2.35. The maximum atomic E-state index is 13.0. The Morgan fingerprint density at radius 1 is 1.21 bits per heavy atom. The van der Waals surface area contributed by atoms with E-state index in [1.807, 2.05) is 6.07 Å². The highest BCUT2D eigenvalue weighted by atomic mass is 35.5. The lowest BCUT2D eigenvalue weighted by atomic mass is 10.1. The molecule has 1 heterocycles. The second-order valence-electron chi connectivity index (χ2n) is 6.75. The highest BCUT2D eigenvalue weighted by Crippen LogP contribution is 2.33. The molecule has 1 aromatic heterocycles. The molecule has 0 radical (unpaired) electrons. The van der Waals surface area contributed by atoms with Crippen molar-refractivity contribution in [3.8, 4) is 11.5 Å². The molecule has 3 rings (SSSR count). The topological polar surface area (TPSA) is 76.2 Å². The lowest BCUT2D eigenvalue weighted by Crippen LogP contribution is -2.41. The number of ether oxygens (including phenoxy) is 2. The number of carbonyl (C=O) groups excluding carboxylic acids is 1. The molecule has 2 aromatic rings. The van der Waals surface area contributed by atoms with Crippen molar-refractivity contribution in [2.75, 3.05) is 27.8 Å². The Bertz CT molecular complexity index is 988. The summed E-state index contributed by atoms with van der Waals surface area (Å²) in [7, 11) is 0.774. The van der Waals surface area contributed by atoms with Crippen molar-refractivity contribution in [3.05, 3.63) is 40.2 Å². The molecule has 158 valence electrons. The van der Waals surface area contributed by atoms with Gasteiger partial charge >= 0.3 is 0 Å². The number of benzene rings is 1. The monoisotopic (exact) mass is 458 g/mol. The second-order valence-corrected chi connectivity index (χ2v) is 10.7. The Morgan fingerprint density at radius 3 is 2.48 bits per heavy atom. The van der Waals surface area contributed by atoms with E-state index in [9.17, 15) is 13.2 Å². The maximum Gasteiger partial charge on any atom is 0.252 e. The number of hydrogen-bond acceptors (Lipinski definition) is 6. The van der Waals surface area contributed by atoms with Gasteiger partial charge in [0.25, 0.3) is 10.0 Å². The van der Waals surface area contributed by atoms with Crippen molar-refractivity contribution in [2.24, 2.45) is 0 Å². The third-order valence-corrected chi connectivity index (χ3v) is 8.21. The predicted molar refractivity (Wildman–Crippen MR) is 112 cm³/mol. The molecule has 0 spiro atoms. The van der Waals surface area contributed by atoms with E-state index < -0.39 is 10.0 Å². The van der Waals surface area contributed by atoms with Crippen LogP contribution in [-0.4, -0.2) is 57.4 Å². The summed E-state index contributed by atoms with van der Waals surface area (Å²) >= 11 is 6.83. The molecule has 1 fully saturated rings. The zero-order valence-electron chi connectivity index (χ0n) is 16.4. The number of sulfonamides is 1. The fraction of sp³-hybridized carbons (Fsp3) is 0.421. The standard InChI is InChI=1S/C19H23ClN2O5S2/c1-21(29(24,25)19-9-8-17(20)28-19)12-18(23)22(14-4-5-14)11-13-10-15(26-2)6-7-16(13)27-3/h6-10,14H,4-5,11-12H2,1-3H3. The van der Waals surface area contributed by atoms with Crippen molar-refractivity contribution in [1.29, 1.82) is 0 Å². The van der Waals surface area contributed by atoms with Crippen LogP contribution >= 0.6 is 22.9 Å². The minimum absolute atomic E-state index is 0.102. The molecule has 0 atom stereocenters. The molecule has 1 aromatic carbocycles. The third-order valence-electron chi connectivity index (χ3n) is 4.71. The van der Waals surface area contributed by atoms with E-state index in [0.717, 1.165) is 34.0 Å². The van der Waals surface area contributed by atoms with Gasteiger partial charge in [0.1, 0.15) is 15.7 Å². The molecule has 1 saturated carbocycles. The summed E-state index contributed by atoms with van der Waals surface area (Å²) in [4.78, 5) is 14.7. The van der Waals surface area contributed by atoms with Crippen molar-refractivity contribution < 1.29 is 22.7 Å². The first-order valence-electron chi connectivity index (χ1n) is 8.98. The highest BCUT2D eigenvalue weighted by molar-refractivity contribution is 7.91. The molecule has 29 heavy (non-hydrogen) atoms. The Morgan fingerprint density at radius 2 is 1.93 bits per heavy atom. The molecule has 0 unspecified atom stereocenters. The Hall–Kier alpha value is -1.81. The normalized spacial score (nSPS) is 14.1. The van der Waals surface area contributed by atoms with Crippen LogP contribution in [0.25, 0.3) is 0 Å². The van der Waals surface area contributed by atoms with Crippen molar-refractivity contribution in [3.63, 3.8) is 0 Å². The van der Waals surface area contributed by atoms with Crippen LogP contribution in [0.2, 0.25) is 4.34 Å². The summed E-state index contributed by atoms with van der Waals surface area (Å²) in [5, 5.41) is 0. The summed E-state index contributed by atoms with van der Waals surface area (Å²) in [5.74, 6) is 1.06. The number of likely N-dealkylation sites (N-methyl/N-ethyl adjacent to an activating group) is 1. The average Bonchev–Trinajstić information content (AvgIpc) is 3.44. The van der Waals surface area contributed by atoms with Crippen LogP contribution in [0, 0.1) is 0 Å². The minimum atomic E-state index is -3.77. The van der Waals surface area contributed by atoms with E-state index in [-0.39, 0.29) is 22.7 Å². The lowest BCUT2D eigenvalue weighted by molar-refractivity contribution is -0.132. The number of hydrogen-bond donors (Lipinski definition) is 0. The van der Waals surface area contributed by atoms with E-state index in [0.29, 0.717) is 22.4 Å².